The Kier molecular flexibility index (Phi) is 7.07. The molecule has 0 aliphatic carbocycles. The van der Waals surface area contributed by atoms with E-state index in [4.69, 9.17) is 22.2 Å². The van der Waals surface area contributed by atoms with Gasteiger partial charge in [0, 0.05) is 18.2 Å². The number of hydrogen-bond donors (Lipinski definition) is 4. The molecule has 0 spiro atoms. The van der Waals surface area contributed by atoms with Crippen molar-refractivity contribution < 1.29 is 14.3 Å². The van der Waals surface area contributed by atoms with Gasteiger partial charge in [0.1, 0.15) is 5.82 Å². The fraction of sp³-hybridized carbons (Fsp3) is 0.182. The Labute approximate surface area is 104 Å². The molecule has 0 fully saturated rings. The predicted octanol–water partition coefficient (Wildman–Crippen LogP) is -0.785. The second kappa shape index (κ2) is 8.03. The van der Waals surface area contributed by atoms with Gasteiger partial charge in [-0.2, -0.15) is 0 Å². The summed E-state index contributed by atoms with van der Waals surface area (Å²) in [5.74, 6) is 11.7. The van der Waals surface area contributed by atoms with E-state index in [1.54, 1.807) is 12.5 Å². The molecule has 7 heteroatoms. The summed E-state index contributed by atoms with van der Waals surface area (Å²) >= 11 is 0. The second-order valence-electron chi connectivity index (χ2n) is 3.15. The highest BCUT2D eigenvalue weighted by Crippen LogP contribution is 2.23. The first-order valence-corrected chi connectivity index (χ1v) is 4.79. The fourth-order valence-corrected chi connectivity index (χ4v) is 1.23. The van der Waals surface area contributed by atoms with Crippen molar-refractivity contribution >= 4 is 12.1 Å². The number of amides is 1. The van der Waals surface area contributed by atoms with Gasteiger partial charge in [0.25, 0.3) is 0 Å². The summed E-state index contributed by atoms with van der Waals surface area (Å²) in [7, 11) is 1.55. The molecule has 18 heavy (non-hydrogen) atoms. The number of nitrogens with zero attached hydrogens (tertiary/aromatic N) is 1. The fourth-order valence-electron chi connectivity index (χ4n) is 1.23. The number of rotatable bonds is 3. The topological polar surface area (TPSA) is 105 Å². The lowest BCUT2D eigenvalue weighted by Gasteiger charge is -2.17. The van der Waals surface area contributed by atoms with Crippen LogP contribution in [0.25, 0.3) is 0 Å². The van der Waals surface area contributed by atoms with Gasteiger partial charge in [0.05, 0.1) is 12.3 Å². The maximum absolute atomic E-state index is 13.0. The summed E-state index contributed by atoms with van der Waals surface area (Å²) in [4.78, 5) is 8.94. The molecule has 0 radical (unpaired) electrons. The average molecular weight is 254 g/mol. The molecule has 0 aliphatic rings. The van der Waals surface area contributed by atoms with Crippen molar-refractivity contribution in [3.05, 3.63) is 29.1 Å². The van der Waals surface area contributed by atoms with Crippen molar-refractivity contribution in [2.45, 2.75) is 6.61 Å². The van der Waals surface area contributed by atoms with Crippen LogP contribution in [-0.2, 0) is 11.4 Å². The number of hydrazine groups is 2. The van der Waals surface area contributed by atoms with Crippen LogP contribution in [0.2, 0.25) is 0 Å². The number of halogens is 1. The van der Waals surface area contributed by atoms with Crippen LogP contribution in [0.15, 0.2) is 12.1 Å². The molecule has 1 rings (SSSR count). The van der Waals surface area contributed by atoms with E-state index in [1.807, 2.05) is 0 Å². The molecule has 6 nitrogen and oxygen atoms in total. The summed E-state index contributed by atoms with van der Waals surface area (Å²) in [6, 6.07) is 2.42. The van der Waals surface area contributed by atoms with Crippen LogP contribution in [0, 0.1) is 18.2 Å². The standard InChI is InChI=1S/C10H11FN2O.CH4N2O/c1-3-7-4-8(11)5-10(13(2)12)9(7)6-14;2-3-1-4/h1,4-5,14H,6,12H2,2H3;1H,2H2,(H,3,4). The van der Waals surface area contributed by atoms with Gasteiger partial charge < -0.3 is 10.1 Å². The van der Waals surface area contributed by atoms with E-state index in [0.29, 0.717) is 23.2 Å². The van der Waals surface area contributed by atoms with E-state index in [2.05, 4.69) is 11.8 Å². The summed E-state index contributed by atoms with van der Waals surface area (Å²) < 4.78 is 13.0. The molecule has 98 valence electrons. The summed E-state index contributed by atoms with van der Waals surface area (Å²) in [6.07, 6.45) is 5.58. The normalized spacial score (nSPS) is 8.67. The Bertz CT molecular complexity index is 443. The Balaban J connectivity index is 0.000000631. The van der Waals surface area contributed by atoms with E-state index in [1.165, 1.54) is 17.1 Å². The first-order valence-electron chi connectivity index (χ1n) is 4.79. The van der Waals surface area contributed by atoms with Gasteiger partial charge in [-0.05, 0) is 12.1 Å². The van der Waals surface area contributed by atoms with Crippen molar-refractivity contribution in [1.82, 2.24) is 5.43 Å². The number of benzene rings is 1. The van der Waals surface area contributed by atoms with E-state index in [0.717, 1.165) is 0 Å². The zero-order chi connectivity index (χ0) is 14.1. The third-order valence-electron chi connectivity index (χ3n) is 1.95. The molecule has 1 aromatic carbocycles. The van der Waals surface area contributed by atoms with Gasteiger partial charge in [-0.25, -0.2) is 16.1 Å². The molecule has 0 atom stereocenters. The molecule has 6 N–H and O–H groups in total. The maximum Gasteiger partial charge on any atom is 0.221 e. The van der Waals surface area contributed by atoms with Crippen molar-refractivity contribution in [2.75, 3.05) is 12.1 Å². The van der Waals surface area contributed by atoms with Crippen LogP contribution in [0.4, 0.5) is 10.1 Å². The number of aliphatic hydroxyl groups excluding tert-OH is 1. The highest BCUT2D eigenvalue weighted by molar-refractivity contribution is 5.59. The van der Waals surface area contributed by atoms with E-state index < -0.39 is 5.82 Å². The second-order valence-corrected chi connectivity index (χ2v) is 3.15. The number of carbonyl (C=O) groups is 1. The molecule has 0 saturated heterocycles. The van der Waals surface area contributed by atoms with Gasteiger partial charge in [-0.1, -0.05) is 5.92 Å². The number of aliphatic hydroxyl groups is 1. The number of hydrogen-bond acceptors (Lipinski definition) is 5. The lowest BCUT2D eigenvalue weighted by molar-refractivity contribution is -0.109. The van der Waals surface area contributed by atoms with Crippen LogP contribution in [0.3, 0.4) is 0 Å². The quantitative estimate of drug-likeness (QED) is 0.186. The van der Waals surface area contributed by atoms with Gasteiger partial charge in [0.15, 0.2) is 0 Å². The Morgan fingerprint density at radius 1 is 1.67 bits per heavy atom. The molecular weight excluding hydrogens is 239 g/mol. The molecule has 1 aromatic rings. The molecular formula is C11H15FN4O2. The van der Waals surface area contributed by atoms with Crippen LogP contribution in [-0.4, -0.2) is 18.6 Å². The smallest absolute Gasteiger partial charge is 0.221 e. The van der Waals surface area contributed by atoms with Crippen LogP contribution in [0.5, 0.6) is 0 Å². The maximum atomic E-state index is 13.0. The zero-order valence-corrected chi connectivity index (χ0v) is 9.85. The van der Waals surface area contributed by atoms with E-state index in [9.17, 15) is 4.39 Å². The Hall–Kier alpha value is -2.14. The van der Waals surface area contributed by atoms with E-state index >= 15 is 0 Å². The molecule has 0 heterocycles. The zero-order valence-electron chi connectivity index (χ0n) is 9.85. The van der Waals surface area contributed by atoms with Crippen molar-refractivity contribution in [3.63, 3.8) is 0 Å². The third kappa shape index (κ3) is 4.39. The number of terminal acetylenes is 1. The van der Waals surface area contributed by atoms with Crippen molar-refractivity contribution in [1.29, 1.82) is 0 Å². The van der Waals surface area contributed by atoms with E-state index in [-0.39, 0.29) is 6.61 Å². The minimum atomic E-state index is -0.470. The monoisotopic (exact) mass is 254 g/mol. The van der Waals surface area contributed by atoms with Gasteiger partial charge in [-0.15, -0.1) is 6.42 Å². The SMILES string of the molecule is C#Cc1cc(F)cc(N(C)N)c1CO.NNC=O. The molecule has 0 saturated carbocycles. The molecule has 1 amide bonds. The van der Waals surface area contributed by atoms with Crippen LogP contribution < -0.4 is 22.1 Å². The minimum absolute atomic E-state index is 0.267. The summed E-state index contributed by atoms with van der Waals surface area (Å²) in [5, 5.41) is 10.3. The molecule has 0 aromatic heterocycles. The lowest BCUT2D eigenvalue weighted by Crippen LogP contribution is -2.26. The summed E-state index contributed by atoms with van der Waals surface area (Å²) in [6.45, 7) is -0.267. The molecule has 0 bridgehead atoms. The highest BCUT2D eigenvalue weighted by Gasteiger charge is 2.10. The predicted molar refractivity (Wildman–Crippen MR) is 66.2 cm³/mol. The summed E-state index contributed by atoms with van der Waals surface area (Å²) in [5.41, 5.74) is 2.92. The Morgan fingerprint density at radius 2 is 2.22 bits per heavy atom. The third-order valence-corrected chi connectivity index (χ3v) is 1.95. The van der Waals surface area contributed by atoms with Gasteiger partial charge in [0.2, 0.25) is 6.41 Å². The van der Waals surface area contributed by atoms with Gasteiger partial charge >= 0.3 is 0 Å². The number of nitrogens with two attached hydrogens (primary N) is 2. The minimum Gasteiger partial charge on any atom is -0.392 e. The van der Waals surface area contributed by atoms with Gasteiger partial charge in [-0.3, -0.25) is 10.2 Å². The lowest BCUT2D eigenvalue weighted by atomic mass is 10.1. The van der Waals surface area contributed by atoms with Crippen LogP contribution >= 0.6 is 0 Å². The number of anilines is 1. The number of nitrogens with one attached hydrogen (secondary N) is 1. The first kappa shape index (κ1) is 15.9. The Morgan fingerprint density at radius 3 is 2.56 bits per heavy atom. The van der Waals surface area contributed by atoms with Crippen molar-refractivity contribution in [3.8, 4) is 12.3 Å². The molecule has 0 aliphatic heterocycles. The molecule has 0 unspecified atom stereocenters. The number of carbonyl (C=O) groups excluding carboxylic acids is 1. The average Bonchev–Trinajstić information content (AvgIpc) is 2.37. The largest absolute Gasteiger partial charge is 0.392 e. The first-order chi connectivity index (χ1) is 8.51. The van der Waals surface area contributed by atoms with Crippen LogP contribution in [0.1, 0.15) is 11.1 Å². The van der Waals surface area contributed by atoms with Crippen molar-refractivity contribution in [2.24, 2.45) is 11.7 Å². The highest BCUT2D eigenvalue weighted by atomic mass is 19.1.